The van der Waals surface area contributed by atoms with E-state index in [0.717, 1.165) is 0 Å². The van der Waals surface area contributed by atoms with Gasteiger partial charge >= 0.3 is 5.97 Å². The maximum atomic E-state index is 11.8. The van der Waals surface area contributed by atoms with Crippen molar-refractivity contribution >= 4 is 16.0 Å². The Morgan fingerprint density at radius 2 is 2.06 bits per heavy atom. The van der Waals surface area contributed by atoms with Crippen LogP contribution >= 0.6 is 0 Å². The molecular weight excluding hydrogens is 258 g/mol. The molecule has 6 nitrogen and oxygen atoms in total. The van der Waals surface area contributed by atoms with Gasteiger partial charge in [-0.15, -0.1) is 0 Å². The van der Waals surface area contributed by atoms with Gasteiger partial charge in [-0.2, -0.15) is 0 Å². The number of rotatable bonds is 5. The third kappa shape index (κ3) is 3.21. The molecule has 0 radical (unpaired) electrons. The van der Waals surface area contributed by atoms with Gasteiger partial charge in [0.1, 0.15) is 16.4 Å². The highest BCUT2D eigenvalue weighted by atomic mass is 32.2. The Hall–Kier alpha value is -1.60. The van der Waals surface area contributed by atoms with Crippen molar-refractivity contribution in [1.29, 1.82) is 0 Å². The summed E-state index contributed by atoms with van der Waals surface area (Å²) in [4.78, 5) is 11.1. The number of carbonyl (C=O) groups excluding carboxylic acids is 1. The van der Waals surface area contributed by atoms with E-state index < -0.39 is 16.0 Å². The number of ether oxygens (including phenoxy) is 2. The Bertz CT molecular complexity index is 538. The molecule has 1 aromatic rings. The van der Waals surface area contributed by atoms with Gasteiger partial charge in [-0.25, -0.2) is 13.1 Å². The van der Waals surface area contributed by atoms with E-state index >= 15 is 0 Å². The van der Waals surface area contributed by atoms with E-state index in [1.165, 1.54) is 32.4 Å². The Labute approximate surface area is 106 Å². The lowest BCUT2D eigenvalue weighted by atomic mass is 10.3. The fraction of sp³-hybridized carbons (Fsp3) is 0.364. The fourth-order valence-corrected chi connectivity index (χ4v) is 2.15. The molecule has 100 valence electrons. The second kappa shape index (κ2) is 5.83. The number of methoxy groups -OCH3 is 1. The van der Waals surface area contributed by atoms with Gasteiger partial charge in [0.05, 0.1) is 7.11 Å². The van der Waals surface area contributed by atoms with Crippen molar-refractivity contribution in [3.8, 4) is 11.5 Å². The minimum absolute atomic E-state index is 0.0751. The third-order valence-corrected chi connectivity index (χ3v) is 3.65. The monoisotopic (exact) mass is 273 g/mol. The van der Waals surface area contributed by atoms with Gasteiger partial charge in [-0.1, -0.05) is 6.92 Å². The number of nitrogens with one attached hydrogen (secondary N) is 1. The molecule has 0 fully saturated rings. The van der Waals surface area contributed by atoms with Crippen molar-refractivity contribution in [1.82, 2.24) is 4.72 Å². The maximum absolute atomic E-state index is 11.8. The van der Waals surface area contributed by atoms with Gasteiger partial charge in [0.2, 0.25) is 10.0 Å². The molecule has 0 unspecified atom stereocenters. The van der Waals surface area contributed by atoms with Crippen molar-refractivity contribution in [3.63, 3.8) is 0 Å². The third-order valence-electron chi connectivity index (χ3n) is 2.21. The van der Waals surface area contributed by atoms with Gasteiger partial charge < -0.3 is 9.47 Å². The summed E-state index contributed by atoms with van der Waals surface area (Å²) in [5.74, 6) is -0.0925. The first-order valence-electron chi connectivity index (χ1n) is 5.27. The van der Waals surface area contributed by atoms with E-state index in [1.807, 2.05) is 0 Å². The first kappa shape index (κ1) is 14.5. The molecule has 1 N–H and O–H groups in total. The normalized spacial score (nSPS) is 11.1. The highest BCUT2D eigenvalue weighted by Gasteiger charge is 2.19. The van der Waals surface area contributed by atoms with Crippen LogP contribution in [0.2, 0.25) is 0 Å². The Morgan fingerprint density at radius 1 is 1.39 bits per heavy atom. The van der Waals surface area contributed by atoms with E-state index in [9.17, 15) is 13.2 Å². The largest absolute Gasteiger partial charge is 0.495 e. The zero-order valence-electron chi connectivity index (χ0n) is 10.4. The summed E-state index contributed by atoms with van der Waals surface area (Å²) in [6.07, 6.45) is 0.208. The van der Waals surface area contributed by atoms with Crippen LogP contribution in [0, 0.1) is 0 Å². The molecule has 0 saturated heterocycles. The number of esters is 1. The second-order valence-electron chi connectivity index (χ2n) is 3.35. The minimum atomic E-state index is -3.67. The molecule has 0 bridgehead atoms. The quantitative estimate of drug-likeness (QED) is 0.637. The first-order valence-corrected chi connectivity index (χ1v) is 6.75. The lowest BCUT2D eigenvalue weighted by molar-refractivity contribution is -0.134. The predicted molar refractivity (Wildman–Crippen MR) is 65.2 cm³/mol. The van der Waals surface area contributed by atoms with Gasteiger partial charge in [0.15, 0.2) is 0 Å². The van der Waals surface area contributed by atoms with Crippen LogP contribution in [0.1, 0.15) is 13.3 Å². The highest BCUT2D eigenvalue weighted by Crippen LogP contribution is 2.28. The molecule has 0 spiro atoms. The maximum Gasteiger partial charge on any atom is 0.310 e. The molecule has 18 heavy (non-hydrogen) atoms. The van der Waals surface area contributed by atoms with Crippen LogP contribution in [0.25, 0.3) is 0 Å². The number of hydrogen-bond acceptors (Lipinski definition) is 5. The highest BCUT2D eigenvalue weighted by molar-refractivity contribution is 7.89. The summed E-state index contributed by atoms with van der Waals surface area (Å²) in [5.41, 5.74) is 0. The van der Waals surface area contributed by atoms with E-state index in [0.29, 0.717) is 0 Å². The Balaban J connectivity index is 3.22. The molecule has 1 aromatic carbocycles. The molecular formula is C11H15NO5S. The smallest absolute Gasteiger partial charge is 0.310 e. The van der Waals surface area contributed by atoms with Crippen molar-refractivity contribution in [2.24, 2.45) is 0 Å². The van der Waals surface area contributed by atoms with Crippen LogP contribution in [-0.2, 0) is 14.8 Å². The summed E-state index contributed by atoms with van der Waals surface area (Å²) < 4.78 is 35.6. The van der Waals surface area contributed by atoms with Crippen LogP contribution in [0.4, 0.5) is 0 Å². The molecule has 0 heterocycles. The summed E-state index contributed by atoms with van der Waals surface area (Å²) in [7, 11) is -1.02. The van der Waals surface area contributed by atoms with Crippen LogP contribution < -0.4 is 14.2 Å². The van der Waals surface area contributed by atoms with Crippen molar-refractivity contribution in [3.05, 3.63) is 18.2 Å². The van der Waals surface area contributed by atoms with Crippen LogP contribution in [-0.4, -0.2) is 28.5 Å². The van der Waals surface area contributed by atoms with E-state index in [2.05, 4.69) is 4.72 Å². The molecule has 0 atom stereocenters. The van der Waals surface area contributed by atoms with Crippen LogP contribution in [0.3, 0.4) is 0 Å². The SMILES string of the molecule is CCC(=O)Oc1ccc(OC)c(S(=O)(=O)NC)c1. The molecule has 0 aliphatic heterocycles. The van der Waals surface area contributed by atoms with Crippen LogP contribution in [0.5, 0.6) is 11.5 Å². The zero-order valence-corrected chi connectivity index (χ0v) is 11.2. The van der Waals surface area contributed by atoms with Crippen LogP contribution in [0.15, 0.2) is 23.1 Å². The molecule has 0 amide bonds. The summed E-state index contributed by atoms with van der Waals surface area (Å²) >= 11 is 0. The van der Waals surface area contributed by atoms with Crippen molar-refractivity contribution in [2.45, 2.75) is 18.2 Å². The lowest BCUT2D eigenvalue weighted by Crippen LogP contribution is -2.19. The van der Waals surface area contributed by atoms with E-state index in [-0.39, 0.29) is 22.8 Å². The number of benzene rings is 1. The summed E-state index contributed by atoms with van der Waals surface area (Å²) in [5, 5.41) is 0. The van der Waals surface area contributed by atoms with Gasteiger partial charge in [0, 0.05) is 12.5 Å². The molecule has 1 rings (SSSR count). The van der Waals surface area contributed by atoms with Gasteiger partial charge in [0.25, 0.3) is 0 Å². The van der Waals surface area contributed by atoms with Gasteiger partial charge in [-0.3, -0.25) is 4.79 Å². The zero-order chi connectivity index (χ0) is 13.8. The van der Waals surface area contributed by atoms with E-state index in [4.69, 9.17) is 9.47 Å². The van der Waals surface area contributed by atoms with Gasteiger partial charge in [-0.05, 0) is 19.2 Å². The standard InChI is InChI=1S/C11H15NO5S/c1-4-11(13)17-8-5-6-9(16-3)10(7-8)18(14,15)12-2/h5-7,12H,4H2,1-3H3. The number of carbonyl (C=O) groups is 1. The Kier molecular flexibility index (Phi) is 4.69. The number of hydrogen-bond donors (Lipinski definition) is 1. The molecule has 0 aliphatic carbocycles. The summed E-state index contributed by atoms with van der Waals surface area (Å²) in [6, 6.07) is 4.15. The van der Waals surface area contributed by atoms with Crippen molar-refractivity contribution < 1.29 is 22.7 Å². The molecule has 0 saturated carbocycles. The average molecular weight is 273 g/mol. The first-order chi connectivity index (χ1) is 8.44. The minimum Gasteiger partial charge on any atom is -0.495 e. The fourth-order valence-electron chi connectivity index (χ4n) is 1.24. The average Bonchev–Trinajstić information content (AvgIpc) is 2.38. The van der Waals surface area contributed by atoms with Crippen molar-refractivity contribution in [2.75, 3.05) is 14.2 Å². The molecule has 7 heteroatoms. The second-order valence-corrected chi connectivity index (χ2v) is 5.20. The Morgan fingerprint density at radius 3 is 2.56 bits per heavy atom. The van der Waals surface area contributed by atoms with E-state index in [1.54, 1.807) is 6.92 Å². The lowest BCUT2D eigenvalue weighted by Gasteiger charge is -2.10. The predicted octanol–water partition coefficient (Wildman–Crippen LogP) is 0.919. The molecule has 0 aromatic heterocycles. The molecule has 0 aliphatic rings. The topological polar surface area (TPSA) is 81.7 Å². The summed E-state index contributed by atoms with van der Waals surface area (Å²) in [6.45, 7) is 1.65. The number of sulfonamides is 1.